The van der Waals surface area contributed by atoms with Crippen LogP contribution < -0.4 is 5.32 Å². The quantitative estimate of drug-likeness (QED) is 0.888. The van der Waals surface area contributed by atoms with Crippen LogP contribution in [0.25, 0.3) is 0 Å². The maximum Gasteiger partial charge on any atom is 0.286 e. The molecule has 0 saturated heterocycles. The number of nitrogens with zero attached hydrogens (tertiary/aromatic N) is 4. The number of hydrogen-bond donors (Lipinski definition) is 1. The van der Waals surface area contributed by atoms with Gasteiger partial charge < -0.3 is 5.32 Å². The molecule has 0 amide bonds. The van der Waals surface area contributed by atoms with Crippen molar-refractivity contribution < 1.29 is 17.2 Å². The molecule has 1 N–H and O–H groups in total. The number of aromatic nitrogens is 4. The van der Waals surface area contributed by atoms with Gasteiger partial charge in [0.15, 0.2) is 0 Å². The Morgan fingerprint density at radius 2 is 2.19 bits per heavy atom. The van der Waals surface area contributed by atoms with Crippen LogP contribution in [-0.2, 0) is 29.7 Å². The molecule has 0 atom stereocenters. The predicted molar refractivity (Wildman–Crippen MR) is 68.3 cm³/mol. The van der Waals surface area contributed by atoms with Crippen molar-refractivity contribution in [2.45, 2.75) is 37.9 Å². The molecule has 0 aliphatic carbocycles. The molecule has 7 nitrogen and oxygen atoms in total. The topological polar surface area (TPSA) is 81.8 Å². The lowest BCUT2D eigenvalue weighted by Crippen LogP contribution is -2.17. The fraction of sp³-hybridized carbons (Fsp3) is 0.455. The van der Waals surface area contributed by atoms with Gasteiger partial charge in [-0.2, -0.15) is 22.7 Å². The first-order chi connectivity index (χ1) is 9.89. The number of fused-ring (bicyclic) bond motifs is 1. The number of alkyl halides is 2. The van der Waals surface area contributed by atoms with Crippen molar-refractivity contribution in [1.29, 1.82) is 0 Å². The molecule has 2 aromatic heterocycles. The van der Waals surface area contributed by atoms with E-state index in [9.17, 15) is 17.2 Å². The lowest BCUT2D eigenvalue weighted by molar-refractivity contribution is 0.121. The first-order valence-electron chi connectivity index (χ1n) is 6.24. The molecule has 0 bridgehead atoms. The Labute approximate surface area is 119 Å². The first kappa shape index (κ1) is 14.1. The molecule has 21 heavy (non-hydrogen) atoms. The Balaban J connectivity index is 2.00. The van der Waals surface area contributed by atoms with Crippen LogP contribution in [0.15, 0.2) is 17.3 Å². The van der Waals surface area contributed by atoms with E-state index in [1.807, 2.05) is 0 Å². The third-order valence-electron chi connectivity index (χ3n) is 3.36. The summed E-state index contributed by atoms with van der Waals surface area (Å²) in [7, 11) is -3.91. The maximum atomic E-state index is 12.5. The summed E-state index contributed by atoms with van der Waals surface area (Å²) in [5, 5.41) is 10.8. The van der Waals surface area contributed by atoms with E-state index in [-0.39, 0.29) is 10.6 Å². The minimum absolute atomic E-state index is 0.114. The molecule has 0 saturated carbocycles. The summed E-state index contributed by atoms with van der Waals surface area (Å²) in [6.45, 7) is 1.89. The molecule has 0 radical (unpaired) electrons. The number of nitrogens with one attached hydrogen (secondary N) is 1. The van der Waals surface area contributed by atoms with Crippen molar-refractivity contribution in [3.63, 3.8) is 0 Å². The molecule has 10 heteroatoms. The van der Waals surface area contributed by atoms with Crippen LogP contribution in [0, 0.1) is 6.92 Å². The lowest BCUT2D eigenvalue weighted by atomic mass is 10.3. The highest BCUT2D eigenvalue weighted by molar-refractivity contribution is 7.89. The van der Waals surface area contributed by atoms with Crippen LogP contribution in [0.3, 0.4) is 0 Å². The van der Waals surface area contributed by atoms with E-state index >= 15 is 0 Å². The highest BCUT2D eigenvalue weighted by Gasteiger charge is 2.27. The second kappa shape index (κ2) is 4.88. The molecule has 0 unspecified atom stereocenters. The van der Waals surface area contributed by atoms with E-state index in [0.29, 0.717) is 18.8 Å². The van der Waals surface area contributed by atoms with Gasteiger partial charge in [0.25, 0.3) is 16.4 Å². The summed E-state index contributed by atoms with van der Waals surface area (Å²) in [6.07, 6.45) is -0.0779. The van der Waals surface area contributed by atoms with Gasteiger partial charge in [-0.1, -0.05) is 0 Å². The second-order valence-electron chi connectivity index (χ2n) is 4.75. The van der Waals surface area contributed by atoms with Gasteiger partial charge in [0.05, 0.1) is 17.6 Å². The smallest absolute Gasteiger partial charge is 0.286 e. The highest BCUT2D eigenvalue weighted by atomic mass is 32.2. The SMILES string of the molecule is Cc1c(S(=O)(=O)n2cc3c(n2)CNC3)cnn1CC(F)F. The maximum absolute atomic E-state index is 12.5. The average molecular weight is 317 g/mol. The van der Waals surface area contributed by atoms with Gasteiger partial charge in [0, 0.05) is 24.8 Å². The number of hydrogen-bond acceptors (Lipinski definition) is 5. The standard InChI is InChI=1S/C11H13F2N5O2S/c1-7-10(4-15-17(7)6-11(12)13)21(19,20)18-5-8-2-14-3-9(8)16-18/h4-5,11,14H,2-3,6H2,1H3. The summed E-state index contributed by atoms with van der Waals surface area (Å²) in [6, 6.07) is 0. The van der Waals surface area contributed by atoms with Gasteiger partial charge in [-0.05, 0) is 6.92 Å². The number of rotatable bonds is 4. The van der Waals surface area contributed by atoms with Crippen LogP contribution in [0.5, 0.6) is 0 Å². The van der Waals surface area contributed by atoms with Crippen molar-refractivity contribution in [3.8, 4) is 0 Å². The predicted octanol–water partition coefficient (Wildman–Crippen LogP) is 0.493. The van der Waals surface area contributed by atoms with Crippen molar-refractivity contribution >= 4 is 10.0 Å². The van der Waals surface area contributed by atoms with Crippen LogP contribution in [0.4, 0.5) is 8.78 Å². The molecule has 0 fully saturated rings. The Morgan fingerprint density at radius 1 is 1.43 bits per heavy atom. The van der Waals surface area contributed by atoms with E-state index in [4.69, 9.17) is 0 Å². The van der Waals surface area contributed by atoms with Gasteiger partial charge >= 0.3 is 0 Å². The van der Waals surface area contributed by atoms with Gasteiger partial charge in [0.2, 0.25) is 0 Å². The Morgan fingerprint density at radius 3 is 2.86 bits per heavy atom. The molecule has 114 valence electrons. The number of halogens is 2. The van der Waals surface area contributed by atoms with Crippen LogP contribution in [0.1, 0.15) is 17.0 Å². The molecule has 1 aliphatic heterocycles. The fourth-order valence-corrected chi connectivity index (χ4v) is 3.59. The fourth-order valence-electron chi connectivity index (χ4n) is 2.25. The normalized spacial score (nSPS) is 14.9. The van der Waals surface area contributed by atoms with Gasteiger partial charge in [-0.25, -0.2) is 8.78 Å². The molecular formula is C11H13F2N5O2S. The third-order valence-corrected chi connectivity index (χ3v) is 4.99. The molecule has 1 aliphatic rings. The van der Waals surface area contributed by atoms with E-state index in [1.54, 1.807) is 0 Å². The lowest BCUT2D eigenvalue weighted by Gasteiger charge is -2.06. The minimum atomic E-state index is -3.91. The minimum Gasteiger partial charge on any atom is -0.307 e. The Bertz CT molecular complexity index is 759. The molecule has 2 aromatic rings. The summed E-state index contributed by atoms with van der Waals surface area (Å²) in [5.74, 6) is 0. The summed E-state index contributed by atoms with van der Waals surface area (Å²) in [4.78, 5) is -0.114. The molecule has 0 aromatic carbocycles. The molecular weight excluding hydrogens is 304 g/mol. The van der Waals surface area contributed by atoms with Gasteiger partial charge in [0.1, 0.15) is 11.4 Å². The second-order valence-corrected chi connectivity index (χ2v) is 6.51. The zero-order valence-corrected chi connectivity index (χ0v) is 11.9. The van der Waals surface area contributed by atoms with E-state index < -0.39 is 23.0 Å². The largest absolute Gasteiger partial charge is 0.307 e. The zero-order valence-electron chi connectivity index (χ0n) is 11.1. The van der Waals surface area contributed by atoms with Crippen molar-refractivity contribution in [1.82, 2.24) is 24.3 Å². The monoisotopic (exact) mass is 317 g/mol. The van der Waals surface area contributed by atoms with Gasteiger partial charge in [-0.3, -0.25) is 4.68 Å². The van der Waals surface area contributed by atoms with Crippen molar-refractivity contribution in [2.24, 2.45) is 0 Å². The van der Waals surface area contributed by atoms with Crippen LogP contribution >= 0.6 is 0 Å². The zero-order chi connectivity index (χ0) is 15.2. The van der Waals surface area contributed by atoms with Crippen molar-refractivity contribution in [2.75, 3.05) is 0 Å². The summed E-state index contributed by atoms with van der Waals surface area (Å²) in [5.41, 5.74) is 1.66. The van der Waals surface area contributed by atoms with Gasteiger partial charge in [-0.15, -0.1) is 0 Å². The van der Waals surface area contributed by atoms with E-state index in [0.717, 1.165) is 20.5 Å². The van der Waals surface area contributed by atoms with Crippen LogP contribution in [0.2, 0.25) is 0 Å². The molecule has 3 rings (SSSR count). The Kier molecular flexibility index (Phi) is 3.29. The highest BCUT2D eigenvalue weighted by Crippen LogP contribution is 2.21. The molecule has 3 heterocycles. The van der Waals surface area contributed by atoms with E-state index in [1.165, 1.54) is 13.1 Å². The summed E-state index contributed by atoms with van der Waals surface area (Å²) >= 11 is 0. The first-order valence-corrected chi connectivity index (χ1v) is 7.68. The van der Waals surface area contributed by atoms with Crippen molar-refractivity contribution in [3.05, 3.63) is 29.3 Å². The average Bonchev–Trinajstić information content (AvgIpc) is 3.04. The van der Waals surface area contributed by atoms with Crippen LogP contribution in [-0.4, -0.2) is 33.8 Å². The summed E-state index contributed by atoms with van der Waals surface area (Å²) < 4.78 is 51.7. The Hall–Kier alpha value is -1.81. The third kappa shape index (κ3) is 2.33. The van der Waals surface area contributed by atoms with E-state index in [2.05, 4.69) is 15.5 Å². The molecule has 0 spiro atoms.